The molecule has 0 aliphatic carbocycles. The van der Waals surface area contributed by atoms with E-state index in [1.165, 1.54) is 29.8 Å². The Morgan fingerprint density at radius 1 is 1.12 bits per heavy atom. The lowest BCUT2D eigenvalue weighted by Gasteiger charge is -2.31. The number of carbonyl (C=O) groups is 2. The number of hydrogen-bond acceptors (Lipinski definition) is 5. The lowest BCUT2D eigenvalue weighted by atomic mass is 9.95. The third-order valence-electron chi connectivity index (χ3n) is 5.90. The Labute approximate surface area is 193 Å². The highest BCUT2D eigenvalue weighted by Gasteiger charge is 2.26. The van der Waals surface area contributed by atoms with E-state index in [0.29, 0.717) is 36.0 Å². The highest BCUT2D eigenvalue weighted by Crippen LogP contribution is 2.33. The number of nitrogens with one attached hydrogen (secondary N) is 1. The Balaban J connectivity index is 1.16. The molecular weight excluding hydrogens is 441 g/mol. The number of hydrogen-bond donors (Lipinski definition) is 1. The van der Waals surface area contributed by atoms with Gasteiger partial charge in [0, 0.05) is 36.3 Å². The van der Waals surface area contributed by atoms with Crippen molar-refractivity contribution in [2.45, 2.75) is 25.3 Å². The molecule has 1 fully saturated rings. The van der Waals surface area contributed by atoms with Crippen molar-refractivity contribution in [1.29, 1.82) is 0 Å². The zero-order chi connectivity index (χ0) is 22.8. The third kappa shape index (κ3) is 4.63. The zero-order valence-electron chi connectivity index (χ0n) is 17.8. The normalized spacial score (nSPS) is 14.5. The number of nitrogens with zero attached hydrogens (tertiary/aromatic N) is 4. The van der Waals surface area contributed by atoms with Crippen LogP contribution in [0.5, 0.6) is 0 Å². The lowest BCUT2D eigenvalue weighted by molar-refractivity contribution is 0.0713. The maximum atomic E-state index is 13.4. The second-order valence-corrected chi connectivity index (χ2v) is 9.18. The van der Waals surface area contributed by atoms with Crippen LogP contribution in [0.3, 0.4) is 0 Å². The molecule has 3 aromatic heterocycles. The van der Waals surface area contributed by atoms with Crippen LogP contribution in [0.4, 0.5) is 4.39 Å². The van der Waals surface area contributed by atoms with E-state index in [2.05, 4.69) is 15.4 Å². The molecule has 1 aliphatic heterocycles. The summed E-state index contributed by atoms with van der Waals surface area (Å²) in [7, 11) is 0. The van der Waals surface area contributed by atoms with Crippen molar-refractivity contribution >= 4 is 28.8 Å². The van der Waals surface area contributed by atoms with Crippen LogP contribution in [0, 0.1) is 5.82 Å². The van der Waals surface area contributed by atoms with Crippen LogP contribution in [-0.2, 0) is 6.54 Å². The number of thiophene rings is 1. The molecule has 1 saturated heterocycles. The van der Waals surface area contributed by atoms with E-state index >= 15 is 0 Å². The Morgan fingerprint density at radius 2 is 1.97 bits per heavy atom. The number of amides is 2. The number of piperidine rings is 1. The van der Waals surface area contributed by atoms with Gasteiger partial charge in [0.25, 0.3) is 11.8 Å². The van der Waals surface area contributed by atoms with Crippen molar-refractivity contribution in [3.8, 4) is 0 Å². The summed E-state index contributed by atoms with van der Waals surface area (Å²) >= 11 is 1.50. The quantitative estimate of drug-likeness (QED) is 0.487. The maximum Gasteiger partial charge on any atom is 0.261 e. The van der Waals surface area contributed by atoms with E-state index in [0.717, 1.165) is 28.9 Å². The summed E-state index contributed by atoms with van der Waals surface area (Å²) in [5.74, 6) is -0.339. The summed E-state index contributed by atoms with van der Waals surface area (Å²) in [6, 6.07) is 13.5. The first-order valence-electron chi connectivity index (χ1n) is 10.8. The molecule has 168 valence electrons. The molecule has 1 aliphatic rings. The van der Waals surface area contributed by atoms with Gasteiger partial charge in [-0.15, -0.1) is 11.3 Å². The predicted octanol–water partition coefficient (Wildman–Crippen LogP) is 3.88. The molecule has 9 heteroatoms. The molecule has 4 heterocycles. The molecule has 0 atom stereocenters. The first-order valence-corrected chi connectivity index (χ1v) is 11.6. The van der Waals surface area contributed by atoms with Gasteiger partial charge in [0.1, 0.15) is 12.1 Å². The SMILES string of the molecule is O=C(NCc1ccc2ncnn2c1)c1ccc(C2CCN(C(=O)c3cccc(F)c3)CC2)s1. The van der Waals surface area contributed by atoms with Crippen LogP contribution < -0.4 is 5.32 Å². The summed E-state index contributed by atoms with van der Waals surface area (Å²) in [6.07, 6.45) is 4.98. The Kier molecular flexibility index (Phi) is 5.87. The second kappa shape index (κ2) is 9.11. The van der Waals surface area contributed by atoms with Gasteiger partial charge in [0.15, 0.2) is 5.65 Å². The fourth-order valence-corrected chi connectivity index (χ4v) is 5.19. The van der Waals surface area contributed by atoms with Crippen LogP contribution in [0.25, 0.3) is 5.65 Å². The van der Waals surface area contributed by atoms with Gasteiger partial charge in [-0.25, -0.2) is 13.9 Å². The summed E-state index contributed by atoms with van der Waals surface area (Å²) in [6.45, 7) is 1.64. The van der Waals surface area contributed by atoms with E-state index < -0.39 is 5.82 Å². The number of halogens is 1. The van der Waals surface area contributed by atoms with E-state index in [-0.39, 0.29) is 11.8 Å². The fourth-order valence-electron chi connectivity index (χ4n) is 4.10. The molecule has 0 unspecified atom stereocenters. The van der Waals surface area contributed by atoms with Gasteiger partial charge in [-0.1, -0.05) is 12.1 Å². The fraction of sp³-hybridized carbons (Fsp3) is 0.250. The second-order valence-electron chi connectivity index (χ2n) is 8.06. The lowest BCUT2D eigenvalue weighted by Crippen LogP contribution is -2.37. The molecule has 0 spiro atoms. The van der Waals surface area contributed by atoms with Crippen molar-refractivity contribution in [3.05, 3.63) is 87.8 Å². The van der Waals surface area contributed by atoms with E-state index in [1.807, 2.05) is 30.5 Å². The van der Waals surface area contributed by atoms with Crippen LogP contribution in [-0.4, -0.2) is 44.4 Å². The van der Waals surface area contributed by atoms with Gasteiger partial charge in [-0.2, -0.15) is 5.10 Å². The molecule has 5 rings (SSSR count). The number of carbonyl (C=O) groups excluding carboxylic acids is 2. The summed E-state index contributed by atoms with van der Waals surface area (Å²) in [5, 5.41) is 7.07. The van der Waals surface area contributed by atoms with E-state index in [9.17, 15) is 14.0 Å². The van der Waals surface area contributed by atoms with Gasteiger partial charge < -0.3 is 10.2 Å². The molecule has 0 radical (unpaired) electrons. The average Bonchev–Trinajstić information content (AvgIpc) is 3.52. The molecule has 0 bridgehead atoms. The number of likely N-dealkylation sites (tertiary alicyclic amines) is 1. The topological polar surface area (TPSA) is 79.6 Å². The number of rotatable bonds is 5. The van der Waals surface area contributed by atoms with Crippen LogP contribution in [0.1, 0.15) is 49.2 Å². The van der Waals surface area contributed by atoms with Gasteiger partial charge in [-0.3, -0.25) is 9.59 Å². The first-order chi connectivity index (χ1) is 16.1. The van der Waals surface area contributed by atoms with Crippen molar-refractivity contribution < 1.29 is 14.0 Å². The molecule has 4 aromatic rings. The summed E-state index contributed by atoms with van der Waals surface area (Å²) < 4.78 is 15.1. The van der Waals surface area contributed by atoms with E-state index in [4.69, 9.17) is 0 Å². The monoisotopic (exact) mass is 463 g/mol. The first kappa shape index (κ1) is 21.3. The van der Waals surface area contributed by atoms with Gasteiger partial charge in [0.05, 0.1) is 4.88 Å². The average molecular weight is 464 g/mol. The molecule has 1 N–H and O–H groups in total. The molecule has 33 heavy (non-hydrogen) atoms. The minimum absolute atomic E-state index is 0.108. The number of fused-ring (bicyclic) bond motifs is 1. The molecule has 7 nitrogen and oxygen atoms in total. The van der Waals surface area contributed by atoms with Gasteiger partial charge >= 0.3 is 0 Å². The van der Waals surface area contributed by atoms with Crippen molar-refractivity contribution in [2.75, 3.05) is 13.1 Å². The largest absolute Gasteiger partial charge is 0.347 e. The van der Waals surface area contributed by atoms with Crippen LogP contribution in [0.15, 0.2) is 61.1 Å². The Morgan fingerprint density at radius 3 is 2.79 bits per heavy atom. The zero-order valence-corrected chi connectivity index (χ0v) is 18.6. The van der Waals surface area contributed by atoms with E-state index in [1.54, 1.807) is 21.5 Å². The van der Waals surface area contributed by atoms with Crippen molar-refractivity contribution in [2.24, 2.45) is 0 Å². The Bertz CT molecular complexity index is 1310. The number of benzene rings is 1. The van der Waals surface area contributed by atoms with Gasteiger partial charge in [-0.05, 0) is 60.7 Å². The molecule has 1 aromatic carbocycles. The minimum Gasteiger partial charge on any atom is -0.347 e. The Hall–Kier alpha value is -3.59. The smallest absolute Gasteiger partial charge is 0.261 e. The summed E-state index contributed by atoms with van der Waals surface area (Å²) in [5.41, 5.74) is 2.08. The highest BCUT2D eigenvalue weighted by molar-refractivity contribution is 7.14. The van der Waals surface area contributed by atoms with Crippen molar-refractivity contribution in [1.82, 2.24) is 24.8 Å². The predicted molar refractivity (Wildman–Crippen MR) is 123 cm³/mol. The third-order valence-corrected chi connectivity index (χ3v) is 7.14. The van der Waals surface area contributed by atoms with Gasteiger partial charge in [0.2, 0.25) is 0 Å². The maximum absolute atomic E-state index is 13.4. The minimum atomic E-state index is -0.404. The van der Waals surface area contributed by atoms with Crippen molar-refractivity contribution in [3.63, 3.8) is 0 Å². The molecule has 0 saturated carbocycles. The number of pyridine rings is 1. The molecular formula is C24H22FN5O2S. The highest BCUT2D eigenvalue weighted by atomic mass is 32.1. The number of aromatic nitrogens is 3. The summed E-state index contributed by atoms with van der Waals surface area (Å²) in [4.78, 5) is 33.0. The standard InChI is InChI=1S/C24H22FN5O2S/c25-19-3-1-2-18(12-19)24(32)29-10-8-17(9-11-29)20-5-6-21(33-20)23(31)26-13-16-4-7-22-27-15-28-30(22)14-16/h1-7,12,14-15,17H,8-11,13H2,(H,26,31). The van der Waals surface area contributed by atoms with Crippen LogP contribution >= 0.6 is 11.3 Å². The van der Waals surface area contributed by atoms with Crippen LogP contribution in [0.2, 0.25) is 0 Å². The molecule has 2 amide bonds.